The van der Waals surface area contributed by atoms with Crippen LogP contribution < -0.4 is 10.1 Å². The van der Waals surface area contributed by atoms with E-state index in [0.717, 1.165) is 30.2 Å². The summed E-state index contributed by atoms with van der Waals surface area (Å²) in [6, 6.07) is 0. The lowest BCUT2D eigenvalue weighted by molar-refractivity contribution is 0.309. The van der Waals surface area contributed by atoms with Crippen molar-refractivity contribution in [1.82, 2.24) is 15.1 Å². The van der Waals surface area contributed by atoms with Crippen LogP contribution in [0.1, 0.15) is 31.2 Å². The maximum Gasteiger partial charge on any atom is 0.163 e. The van der Waals surface area contributed by atoms with Crippen molar-refractivity contribution in [2.45, 2.75) is 33.6 Å². The first kappa shape index (κ1) is 13.0. The lowest BCUT2D eigenvalue weighted by atomic mass is 10.3. The maximum atomic E-state index is 5.72. The summed E-state index contributed by atoms with van der Waals surface area (Å²) < 4.78 is 7.58. The van der Waals surface area contributed by atoms with Crippen LogP contribution in [0.2, 0.25) is 0 Å². The van der Waals surface area contributed by atoms with E-state index in [-0.39, 0.29) is 0 Å². The van der Waals surface area contributed by atoms with E-state index < -0.39 is 0 Å². The molecule has 0 amide bonds. The zero-order valence-corrected chi connectivity index (χ0v) is 10.8. The van der Waals surface area contributed by atoms with Gasteiger partial charge in [-0.1, -0.05) is 13.3 Å². The fourth-order valence-corrected chi connectivity index (χ4v) is 1.62. The van der Waals surface area contributed by atoms with E-state index in [1.165, 1.54) is 12.8 Å². The summed E-state index contributed by atoms with van der Waals surface area (Å²) in [5.41, 5.74) is 2.06. The molecule has 0 aliphatic rings. The monoisotopic (exact) mass is 225 g/mol. The number of unbranched alkanes of at least 4 members (excludes halogenated alkanes) is 1. The number of aryl methyl sites for hydroxylation is 2. The number of aromatic nitrogens is 2. The fraction of sp³-hybridized carbons (Fsp3) is 0.750. The Hall–Kier alpha value is -1.03. The molecule has 0 radical (unpaired) electrons. The molecule has 1 aromatic rings. The number of nitrogens with one attached hydrogen (secondary N) is 1. The second kappa shape index (κ2) is 6.53. The number of ether oxygens (including phenoxy) is 1. The van der Waals surface area contributed by atoms with Crippen molar-refractivity contribution >= 4 is 0 Å². The topological polar surface area (TPSA) is 39.1 Å². The Morgan fingerprint density at radius 2 is 2.06 bits per heavy atom. The number of hydrogen-bond donors (Lipinski definition) is 1. The van der Waals surface area contributed by atoms with Gasteiger partial charge in [0.15, 0.2) is 5.75 Å². The molecule has 0 aliphatic heterocycles. The van der Waals surface area contributed by atoms with Crippen molar-refractivity contribution in [1.29, 1.82) is 0 Å². The largest absolute Gasteiger partial charge is 0.488 e. The van der Waals surface area contributed by atoms with Gasteiger partial charge >= 0.3 is 0 Å². The van der Waals surface area contributed by atoms with Crippen LogP contribution >= 0.6 is 0 Å². The second-order valence-corrected chi connectivity index (χ2v) is 4.08. The minimum absolute atomic E-state index is 0.705. The molecule has 0 bridgehead atoms. The Bertz CT molecular complexity index is 320. The summed E-state index contributed by atoms with van der Waals surface area (Å²) in [5, 5.41) is 7.66. The predicted molar refractivity (Wildman–Crippen MR) is 66.0 cm³/mol. The van der Waals surface area contributed by atoms with Gasteiger partial charge in [0.25, 0.3) is 0 Å². The van der Waals surface area contributed by atoms with Crippen LogP contribution in [-0.2, 0) is 7.05 Å². The zero-order valence-electron chi connectivity index (χ0n) is 10.8. The molecule has 0 atom stereocenters. The van der Waals surface area contributed by atoms with E-state index in [1.807, 2.05) is 25.6 Å². The normalized spacial score (nSPS) is 10.8. The Morgan fingerprint density at radius 1 is 1.31 bits per heavy atom. The average molecular weight is 225 g/mol. The van der Waals surface area contributed by atoms with Gasteiger partial charge in [-0.3, -0.25) is 4.68 Å². The third-order valence-electron chi connectivity index (χ3n) is 2.67. The number of hydrogen-bond acceptors (Lipinski definition) is 3. The second-order valence-electron chi connectivity index (χ2n) is 4.08. The molecule has 0 fully saturated rings. The smallest absolute Gasteiger partial charge is 0.163 e. The van der Waals surface area contributed by atoms with E-state index >= 15 is 0 Å². The Balaban J connectivity index is 2.26. The minimum Gasteiger partial charge on any atom is -0.488 e. The minimum atomic E-state index is 0.705. The van der Waals surface area contributed by atoms with Gasteiger partial charge in [-0.25, -0.2) is 0 Å². The molecule has 4 heteroatoms. The molecule has 92 valence electrons. The zero-order chi connectivity index (χ0) is 12.0. The summed E-state index contributed by atoms with van der Waals surface area (Å²) in [4.78, 5) is 0. The Labute approximate surface area is 98.0 Å². The molecule has 0 aliphatic carbocycles. The molecule has 1 N–H and O–H groups in total. The van der Waals surface area contributed by atoms with E-state index in [9.17, 15) is 0 Å². The van der Waals surface area contributed by atoms with Gasteiger partial charge < -0.3 is 10.1 Å². The fourth-order valence-electron chi connectivity index (χ4n) is 1.62. The number of rotatable bonds is 7. The van der Waals surface area contributed by atoms with Crippen molar-refractivity contribution < 1.29 is 4.74 Å². The lowest BCUT2D eigenvalue weighted by Crippen LogP contribution is -2.22. The van der Waals surface area contributed by atoms with Crippen molar-refractivity contribution in [3.8, 4) is 5.75 Å². The summed E-state index contributed by atoms with van der Waals surface area (Å²) >= 11 is 0. The maximum absolute atomic E-state index is 5.72. The molecule has 0 saturated heterocycles. The highest BCUT2D eigenvalue weighted by molar-refractivity contribution is 5.31. The molecule has 1 aromatic heterocycles. The van der Waals surface area contributed by atoms with Gasteiger partial charge in [-0.15, -0.1) is 0 Å². The third kappa shape index (κ3) is 3.52. The summed E-state index contributed by atoms with van der Waals surface area (Å²) in [7, 11) is 1.94. The molecule has 4 nitrogen and oxygen atoms in total. The van der Waals surface area contributed by atoms with Crippen molar-refractivity contribution in [2.75, 3.05) is 19.7 Å². The van der Waals surface area contributed by atoms with Crippen LogP contribution in [0.25, 0.3) is 0 Å². The Kier molecular flexibility index (Phi) is 5.32. The third-order valence-corrected chi connectivity index (χ3v) is 2.67. The molecule has 0 saturated carbocycles. The first-order valence-corrected chi connectivity index (χ1v) is 6.00. The number of nitrogens with zero attached hydrogens (tertiary/aromatic N) is 2. The summed E-state index contributed by atoms with van der Waals surface area (Å²) in [5.74, 6) is 0.930. The predicted octanol–water partition coefficient (Wildman–Crippen LogP) is 1.81. The molecule has 0 aromatic carbocycles. The Morgan fingerprint density at radius 3 is 2.62 bits per heavy atom. The molecule has 1 rings (SSSR count). The van der Waals surface area contributed by atoms with Gasteiger partial charge in [-0.2, -0.15) is 5.10 Å². The summed E-state index contributed by atoms with van der Waals surface area (Å²) in [6.45, 7) is 8.88. The van der Waals surface area contributed by atoms with E-state index in [0.29, 0.717) is 6.61 Å². The molecule has 1 heterocycles. The van der Waals surface area contributed by atoms with Gasteiger partial charge in [0, 0.05) is 13.6 Å². The summed E-state index contributed by atoms with van der Waals surface area (Å²) in [6.07, 6.45) is 2.46. The molecule has 0 unspecified atom stereocenters. The van der Waals surface area contributed by atoms with Crippen LogP contribution in [0.5, 0.6) is 5.75 Å². The van der Waals surface area contributed by atoms with Gasteiger partial charge in [-0.05, 0) is 26.8 Å². The van der Waals surface area contributed by atoms with Crippen LogP contribution in [-0.4, -0.2) is 29.5 Å². The van der Waals surface area contributed by atoms with E-state index in [1.54, 1.807) is 0 Å². The molecule has 16 heavy (non-hydrogen) atoms. The van der Waals surface area contributed by atoms with Crippen molar-refractivity contribution in [3.05, 3.63) is 11.4 Å². The van der Waals surface area contributed by atoms with E-state index in [2.05, 4.69) is 17.3 Å². The van der Waals surface area contributed by atoms with Crippen molar-refractivity contribution in [2.24, 2.45) is 7.05 Å². The SMILES string of the molecule is CCCCNCCOc1c(C)nn(C)c1C. The van der Waals surface area contributed by atoms with Gasteiger partial charge in [0.1, 0.15) is 12.3 Å². The van der Waals surface area contributed by atoms with Crippen LogP contribution in [0.3, 0.4) is 0 Å². The first-order valence-electron chi connectivity index (χ1n) is 6.00. The van der Waals surface area contributed by atoms with Crippen LogP contribution in [0.4, 0.5) is 0 Å². The quantitative estimate of drug-likeness (QED) is 0.719. The first-order chi connectivity index (χ1) is 7.66. The van der Waals surface area contributed by atoms with Crippen molar-refractivity contribution in [3.63, 3.8) is 0 Å². The van der Waals surface area contributed by atoms with Gasteiger partial charge in [0.2, 0.25) is 0 Å². The highest BCUT2D eigenvalue weighted by atomic mass is 16.5. The van der Waals surface area contributed by atoms with Crippen LogP contribution in [0, 0.1) is 13.8 Å². The lowest BCUT2D eigenvalue weighted by Gasteiger charge is -2.07. The van der Waals surface area contributed by atoms with E-state index in [4.69, 9.17) is 4.74 Å². The standard InChI is InChI=1S/C12H23N3O/c1-5-6-7-13-8-9-16-12-10(2)14-15(4)11(12)3/h13H,5-9H2,1-4H3. The molecular weight excluding hydrogens is 202 g/mol. The van der Waals surface area contributed by atoms with Gasteiger partial charge in [0.05, 0.1) is 5.69 Å². The molecule has 0 spiro atoms. The highest BCUT2D eigenvalue weighted by Gasteiger charge is 2.09. The average Bonchev–Trinajstić information content (AvgIpc) is 2.49. The molecular formula is C12H23N3O. The highest BCUT2D eigenvalue weighted by Crippen LogP contribution is 2.20. The van der Waals surface area contributed by atoms with Crippen LogP contribution in [0.15, 0.2) is 0 Å².